The maximum absolute atomic E-state index is 13.2. The van der Waals surface area contributed by atoms with E-state index in [0.29, 0.717) is 16.8 Å². The van der Waals surface area contributed by atoms with Crippen molar-refractivity contribution in [2.75, 3.05) is 20.2 Å². The predicted octanol–water partition coefficient (Wildman–Crippen LogP) is 1.90. The Balaban J connectivity index is 2.05. The van der Waals surface area contributed by atoms with Crippen LogP contribution in [0.3, 0.4) is 0 Å². The van der Waals surface area contributed by atoms with Crippen LogP contribution in [0.25, 0.3) is 5.57 Å². The minimum Gasteiger partial charge on any atom is -0.395 e. The molecule has 0 saturated heterocycles. The number of benzene rings is 1. The Morgan fingerprint density at radius 2 is 1.74 bits per heavy atom. The number of carbonyl (C=O) groups excluding carboxylic acids is 2. The van der Waals surface area contributed by atoms with Crippen molar-refractivity contribution in [1.82, 2.24) is 14.8 Å². The minimum atomic E-state index is -0.346. The largest absolute Gasteiger partial charge is 0.395 e. The summed E-state index contributed by atoms with van der Waals surface area (Å²) in [5.41, 5.74) is 4.43. The van der Waals surface area contributed by atoms with Gasteiger partial charge in [0.25, 0.3) is 11.8 Å². The summed E-state index contributed by atoms with van der Waals surface area (Å²) < 4.78 is 0. The summed E-state index contributed by atoms with van der Waals surface area (Å²) in [4.78, 5) is 33.1. The molecule has 2 aromatic rings. The van der Waals surface area contributed by atoms with Crippen LogP contribution in [0.2, 0.25) is 0 Å². The lowest BCUT2D eigenvalue weighted by atomic mass is 9.99. The first kappa shape index (κ1) is 18.8. The quantitative estimate of drug-likeness (QED) is 0.792. The van der Waals surface area contributed by atoms with Gasteiger partial charge in [-0.3, -0.25) is 19.5 Å². The van der Waals surface area contributed by atoms with Gasteiger partial charge in [-0.25, -0.2) is 0 Å². The maximum Gasteiger partial charge on any atom is 0.278 e. The van der Waals surface area contributed by atoms with Crippen molar-refractivity contribution < 1.29 is 14.7 Å². The van der Waals surface area contributed by atoms with E-state index in [4.69, 9.17) is 0 Å². The number of aliphatic hydroxyl groups is 1. The molecule has 2 heterocycles. The normalized spacial score (nSPS) is 14.3. The lowest BCUT2D eigenvalue weighted by Gasteiger charge is -2.20. The number of aliphatic hydroxyl groups excluding tert-OH is 1. The number of hydrogen-bond acceptors (Lipinski definition) is 5. The highest BCUT2D eigenvalue weighted by atomic mass is 16.3. The second-order valence-electron chi connectivity index (χ2n) is 6.72. The van der Waals surface area contributed by atoms with Gasteiger partial charge in [0.1, 0.15) is 5.70 Å². The fourth-order valence-corrected chi connectivity index (χ4v) is 3.15. The molecule has 1 aliphatic rings. The van der Waals surface area contributed by atoms with Gasteiger partial charge in [-0.2, -0.15) is 0 Å². The fourth-order valence-electron chi connectivity index (χ4n) is 3.15. The second kappa shape index (κ2) is 7.72. The van der Waals surface area contributed by atoms with E-state index in [9.17, 15) is 14.7 Å². The summed E-state index contributed by atoms with van der Waals surface area (Å²) in [6.07, 6.45) is 3.27. The van der Waals surface area contributed by atoms with E-state index < -0.39 is 0 Å². The molecule has 0 bridgehead atoms. The minimum absolute atomic E-state index is 0.105. The van der Waals surface area contributed by atoms with E-state index in [-0.39, 0.29) is 31.5 Å². The number of aromatic nitrogens is 1. The summed E-state index contributed by atoms with van der Waals surface area (Å²) in [6.45, 7) is 4.33. The number of nitrogens with zero attached hydrogens (tertiary/aromatic N) is 3. The van der Waals surface area contributed by atoms with E-state index in [0.717, 1.165) is 16.7 Å². The number of amides is 2. The van der Waals surface area contributed by atoms with Crippen molar-refractivity contribution in [1.29, 1.82) is 0 Å². The lowest BCUT2D eigenvalue weighted by molar-refractivity contribution is -0.138. The molecule has 27 heavy (non-hydrogen) atoms. The zero-order valence-corrected chi connectivity index (χ0v) is 15.8. The fraction of sp³-hybridized carbons (Fsp3) is 0.286. The van der Waals surface area contributed by atoms with E-state index in [1.54, 1.807) is 36.5 Å². The second-order valence-corrected chi connectivity index (χ2v) is 6.72. The molecule has 6 heteroatoms. The molecule has 0 spiro atoms. The molecule has 0 atom stereocenters. The molecular formula is C21H23N3O3. The number of hydrogen-bond donors (Lipinski definition) is 1. The van der Waals surface area contributed by atoms with Crippen LogP contribution in [0.5, 0.6) is 0 Å². The van der Waals surface area contributed by atoms with Gasteiger partial charge in [0.2, 0.25) is 0 Å². The highest BCUT2D eigenvalue weighted by Gasteiger charge is 2.40. The summed E-state index contributed by atoms with van der Waals surface area (Å²) >= 11 is 0. The molecular weight excluding hydrogens is 342 g/mol. The van der Waals surface area contributed by atoms with Crippen molar-refractivity contribution in [2.24, 2.45) is 0 Å². The van der Waals surface area contributed by atoms with Gasteiger partial charge in [0.05, 0.1) is 18.7 Å². The van der Waals surface area contributed by atoms with Crippen LogP contribution in [-0.4, -0.2) is 51.9 Å². The van der Waals surface area contributed by atoms with Crippen LogP contribution in [0.4, 0.5) is 0 Å². The van der Waals surface area contributed by atoms with E-state index >= 15 is 0 Å². The standard InChI is InChI=1S/C21H23N3O3/c1-14-4-5-17(12-15(14)2)18-19(23(3)10-11-25)21(27)24(20(18)26)13-16-6-8-22-9-7-16/h4-9,12,25H,10-11,13H2,1-3H3. The number of carbonyl (C=O) groups is 2. The molecule has 2 amide bonds. The predicted molar refractivity (Wildman–Crippen MR) is 102 cm³/mol. The third-order valence-electron chi connectivity index (χ3n) is 4.85. The van der Waals surface area contributed by atoms with Gasteiger partial charge in [-0.05, 0) is 48.2 Å². The average Bonchev–Trinajstić information content (AvgIpc) is 2.90. The van der Waals surface area contributed by atoms with Crippen LogP contribution < -0.4 is 0 Å². The molecule has 0 aliphatic carbocycles. The van der Waals surface area contributed by atoms with Crippen LogP contribution in [-0.2, 0) is 16.1 Å². The van der Waals surface area contributed by atoms with Crippen molar-refractivity contribution in [3.63, 3.8) is 0 Å². The van der Waals surface area contributed by atoms with Gasteiger partial charge in [0.15, 0.2) is 0 Å². The van der Waals surface area contributed by atoms with Crippen LogP contribution >= 0.6 is 0 Å². The Hall–Kier alpha value is -2.99. The van der Waals surface area contributed by atoms with Crippen molar-refractivity contribution >= 4 is 17.4 Å². The number of rotatable bonds is 6. The Morgan fingerprint density at radius 3 is 2.37 bits per heavy atom. The SMILES string of the molecule is Cc1ccc(C2=C(N(C)CCO)C(=O)N(Cc3ccncc3)C2=O)cc1C. The molecule has 3 rings (SSSR count). The summed E-state index contributed by atoms with van der Waals surface area (Å²) in [6, 6.07) is 9.31. The van der Waals surface area contributed by atoms with Crippen LogP contribution in [0, 0.1) is 13.8 Å². The van der Waals surface area contributed by atoms with Gasteiger partial charge in [-0.1, -0.05) is 18.2 Å². The molecule has 1 aromatic heterocycles. The third-order valence-corrected chi connectivity index (χ3v) is 4.85. The molecule has 0 unspecified atom stereocenters. The van der Waals surface area contributed by atoms with Gasteiger partial charge >= 0.3 is 0 Å². The van der Waals surface area contributed by atoms with Gasteiger partial charge < -0.3 is 10.0 Å². The highest BCUT2D eigenvalue weighted by Crippen LogP contribution is 2.32. The molecule has 0 fully saturated rings. The summed E-state index contributed by atoms with van der Waals surface area (Å²) in [7, 11) is 1.72. The number of aryl methyl sites for hydroxylation is 2. The molecule has 0 radical (unpaired) electrons. The van der Waals surface area contributed by atoms with E-state index in [1.165, 1.54) is 4.90 Å². The van der Waals surface area contributed by atoms with E-state index in [1.807, 2.05) is 32.0 Å². The monoisotopic (exact) mass is 365 g/mol. The first-order valence-electron chi connectivity index (χ1n) is 8.83. The lowest BCUT2D eigenvalue weighted by Crippen LogP contribution is -2.34. The molecule has 6 nitrogen and oxygen atoms in total. The van der Waals surface area contributed by atoms with Crippen LogP contribution in [0.15, 0.2) is 48.4 Å². The first-order chi connectivity index (χ1) is 12.9. The zero-order valence-electron chi connectivity index (χ0n) is 15.8. The van der Waals surface area contributed by atoms with Crippen molar-refractivity contribution in [3.8, 4) is 0 Å². The maximum atomic E-state index is 13.2. The van der Waals surface area contributed by atoms with Crippen molar-refractivity contribution in [2.45, 2.75) is 20.4 Å². The number of likely N-dealkylation sites (N-methyl/N-ethyl adjacent to an activating group) is 1. The summed E-state index contributed by atoms with van der Waals surface area (Å²) in [5, 5.41) is 9.31. The van der Waals surface area contributed by atoms with E-state index in [2.05, 4.69) is 4.98 Å². The van der Waals surface area contributed by atoms with Crippen LogP contribution in [0.1, 0.15) is 22.3 Å². The Morgan fingerprint density at radius 1 is 1.04 bits per heavy atom. The number of pyridine rings is 1. The average molecular weight is 365 g/mol. The first-order valence-corrected chi connectivity index (χ1v) is 8.83. The Bertz CT molecular complexity index is 906. The Labute approximate surface area is 158 Å². The summed E-state index contributed by atoms with van der Waals surface area (Å²) in [5.74, 6) is -0.666. The molecule has 1 aliphatic heterocycles. The topological polar surface area (TPSA) is 73.7 Å². The zero-order chi connectivity index (χ0) is 19.6. The third kappa shape index (κ3) is 3.61. The molecule has 140 valence electrons. The number of imide groups is 1. The smallest absolute Gasteiger partial charge is 0.278 e. The molecule has 1 N–H and O–H groups in total. The molecule has 0 saturated carbocycles. The highest BCUT2D eigenvalue weighted by molar-refractivity contribution is 6.35. The van der Waals surface area contributed by atoms with Crippen molar-refractivity contribution in [3.05, 3.63) is 70.7 Å². The van der Waals surface area contributed by atoms with Gasteiger partial charge in [-0.15, -0.1) is 0 Å². The Kier molecular flexibility index (Phi) is 5.37. The van der Waals surface area contributed by atoms with Gasteiger partial charge in [0, 0.05) is 26.0 Å². The molecule has 1 aromatic carbocycles.